The molecule has 1 aliphatic carbocycles. The highest BCUT2D eigenvalue weighted by Crippen LogP contribution is 2.49. The number of carbonyl (C=O) groups is 5. The summed E-state index contributed by atoms with van der Waals surface area (Å²) in [7, 11) is -4.65. The first-order chi connectivity index (χ1) is 22.9. The fourth-order valence-electron chi connectivity index (χ4n) is 6.03. The summed E-state index contributed by atoms with van der Waals surface area (Å²) in [6, 6.07) is 7.22. The lowest BCUT2D eigenvalue weighted by atomic mass is 10.0. The van der Waals surface area contributed by atoms with E-state index in [-0.39, 0.29) is 50.8 Å². The average Bonchev–Trinajstić information content (AvgIpc) is 3.78. The van der Waals surface area contributed by atoms with Crippen LogP contribution in [0.25, 0.3) is 0 Å². The van der Waals surface area contributed by atoms with E-state index in [0.29, 0.717) is 32.1 Å². The molecular formula is C33H51N4O10P. The van der Waals surface area contributed by atoms with Crippen LogP contribution in [-0.4, -0.2) is 81.7 Å². The molecule has 0 spiro atoms. The number of carbonyl (C=O) groups excluding carboxylic acids is 4. The molecule has 1 aromatic carbocycles. The van der Waals surface area contributed by atoms with Gasteiger partial charge in [0.25, 0.3) is 5.91 Å². The van der Waals surface area contributed by atoms with Crippen molar-refractivity contribution in [2.24, 2.45) is 5.92 Å². The van der Waals surface area contributed by atoms with E-state index in [2.05, 4.69) is 16.0 Å². The van der Waals surface area contributed by atoms with Gasteiger partial charge in [0.05, 0.1) is 0 Å². The summed E-state index contributed by atoms with van der Waals surface area (Å²) in [5, 5.41) is 17.6. The number of hydrogen-bond donors (Lipinski definition) is 5. The first-order valence-corrected chi connectivity index (χ1v) is 18.7. The number of likely N-dealkylation sites (tertiary alicyclic amines) is 1. The highest BCUT2D eigenvalue weighted by molar-refractivity contribution is 7.53. The van der Waals surface area contributed by atoms with Gasteiger partial charge in [-0.15, -0.1) is 0 Å². The number of hydrogen-bond acceptors (Lipinski definition) is 8. The molecule has 1 saturated heterocycles. The third kappa shape index (κ3) is 12.2. The van der Waals surface area contributed by atoms with Gasteiger partial charge in [-0.1, -0.05) is 62.9 Å². The van der Waals surface area contributed by atoms with Gasteiger partial charge in [0, 0.05) is 19.0 Å². The van der Waals surface area contributed by atoms with Crippen molar-refractivity contribution in [3.8, 4) is 0 Å². The van der Waals surface area contributed by atoms with Crippen LogP contribution in [0.4, 0.5) is 4.79 Å². The summed E-state index contributed by atoms with van der Waals surface area (Å²) in [6.45, 7) is 3.78. The number of carboxylic acids is 1. The van der Waals surface area contributed by atoms with Crippen LogP contribution in [0.2, 0.25) is 0 Å². The first-order valence-electron chi connectivity index (χ1n) is 17.0. The van der Waals surface area contributed by atoms with Crippen molar-refractivity contribution < 1.29 is 47.8 Å². The maximum absolute atomic E-state index is 13.6. The Hall–Kier alpha value is -3.48. The van der Waals surface area contributed by atoms with Crippen molar-refractivity contribution in [2.75, 3.05) is 13.1 Å². The summed E-state index contributed by atoms with van der Waals surface area (Å²) in [4.78, 5) is 75.5. The van der Waals surface area contributed by atoms with Crippen LogP contribution in [0.5, 0.6) is 0 Å². The number of carboxylic acid groups (broad SMARTS) is 1. The Kier molecular flexibility index (Phi) is 15.8. The molecular weight excluding hydrogens is 643 g/mol. The largest absolute Gasteiger partial charge is 0.480 e. The van der Waals surface area contributed by atoms with Gasteiger partial charge in [0.2, 0.25) is 11.8 Å². The first kappa shape index (κ1) is 39.0. The zero-order valence-electron chi connectivity index (χ0n) is 27.9. The third-order valence-corrected chi connectivity index (χ3v) is 10.6. The Morgan fingerprint density at radius 3 is 2.35 bits per heavy atom. The number of aliphatic carboxylic acids is 1. The number of alkyl carbamates (subject to hydrolysis) is 1. The van der Waals surface area contributed by atoms with E-state index in [1.54, 1.807) is 0 Å². The number of amides is 4. The van der Waals surface area contributed by atoms with Crippen LogP contribution in [0.15, 0.2) is 30.3 Å². The smallest absolute Gasteiger partial charge is 0.407 e. The summed E-state index contributed by atoms with van der Waals surface area (Å²) >= 11 is 0. The average molecular weight is 695 g/mol. The van der Waals surface area contributed by atoms with Gasteiger partial charge >= 0.3 is 19.7 Å². The molecule has 48 heavy (non-hydrogen) atoms. The topological polar surface area (TPSA) is 201 Å². The van der Waals surface area contributed by atoms with Crippen LogP contribution in [-0.2, 0) is 39.6 Å². The van der Waals surface area contributed by atoms with Crippen molar-refractivity contribution in [2.45, 2.75) is 121 Å². The summed E-state index contributed by atoms with van der Waals surface area (Å²) in [5.41, 5.74) is 0.856. The van der Waals surface area contributed by atoms with Gasteiger partial charge in [-0.3, -0.25) is 23.5 Å². The molecule has 1 heterocycles. The van der Waals surface area contributed by atoms with E-state index in [9.17, 15) is 38.5 Å². The van der Waals surface area contributed by atoms with Crippen LogP contribution in [0.3, 0.4) is 0 Å². The zero-order chi connectivity index (χ0) is 35.1. The molecule has 3 rings (SSSR count). The summed E-state index contributed by atoms with van der Waals surface area (Å²) in [5.74, 6) is -4.34. The van der Waals surface area contributed by atoms with E-state index in [1.165, 1.54) is 6.92 Å². The predicted molar refractivity (Wildman–Crippen MR) is 177 cm³/mol. The number of nitrogens with one attached hydrogen (secondary N) is 3. The van der Waals surface area contributed by atoms with Crippen molar-refractivity contribution in [1.82, 2.24) is 20.9 Å². The van der Waals surface area contributed by atoms with E-state index < -0.39 is 55.4 Å². The maximum Gasteiger partial charge on any atom is 0.407 e. The van der Waals surface area contributed by atoms with Crippen LogP contribution >= 0.6 is 7.60 Å². The fraction of sp³-hybridized carbons (Fsp3) is 0.667. The Labute approximate surface area is 282 Å². The molecule has 2 unspecified atom stereocenters. The molecule has 14 nitrogen and oxygen atoms in total. The number of unbranched alkanes of at least 4 members (excludes halogenated alkanes) is 2. The van der Waals surface area contributed by atoms with E-state index in [4.69, 9.17) is 9.26 Å². The lowest BCUT2D eigenvalue weighted by molar-refractivity contribution is -0.151. The van der Waals surface area contributed by atoms with E-state index in [0.717, 1.165) is 36.1 Å². The molecule has 4 amide bonds. The Morgan fingerprint density at radius 1 is 0.979 bits per heavy atom. The van der Waals surface area contributed by atoms with Gasteiger partial charge in [-0.25, -0.2) is 9.59 Å². The highest BCUT2D eigenvalue weighted by Gasteiger charge is 2.42. The zero-order valence-corrected chi connectivity index (χ0v) is 28.8. The summed E-state index contributed by atoms with van der Waals surface area (Å²) in [6.07, 6.45) is 4.40. The van der Waals surface area contributed by atoms with Gasteiger partial charge in [0.15, 0.2) is 0 Å². The quantitative estimate of drug-likeness (QED) is 0.104. The maximum atomic E-state index is 13.6. The molecule has 5 atom stereocenters. The lowest BCUT2D eigenvalue weighted by Crippen LogP contribution is -2.51. The molecule has 2 fully saturated rings. The predicted octanol–water partition coefficient (Wildman–Crippen LogP) is 4.06. The fourth-order valence-corrected chi connectivity index (χ4v) is 7.52. The van der Waals surface area contributed by atoms with Crippen LogP contribution < -0.4 is 16.0 Å². The highest BCUT2D eigenvalue weighted by atomic mass is 31.2. The van der Waals surface area contributed by atoms with E-state index >= 15 is 0 Å². The minimum absolute atomic E-state index is 0.0801. The van der Waals surface area contributed by atoms with E-state index in [1.807, 2.05) is 37.3 Å². The molecule has 5 N–H and O–H groups in total. The number of benzene rings is 1. The Bertz CT molecular complexity index is 1280. The molecule has 2 aliphatic rings. The van der Waals surface area contributed by atoms with Gasteiger partial charge < -0.3 is 35.6 Å². The minimum atomic E-state index is -4.65. The SMILES string of the molecule is CCCC[C@@H](NC(=O)[C@H](CCCCNC(=O)OCc1ccccc1)NC(=O)C1CCCC1)P(=O)(O)OC(C)C(=O)N1CCC[C@H]1C(=O)O. The standard InChI is InChI=1S/C33H51N4O10P/c1-3-4-19-28(48(44,45)47-23(2)31(40)37-21-12-18-27(37)32(41)42)36-30(39)26(35-29(38)25-15-8-9-16-25)17-10-11-20-34-33(43)46-22-24-13-6-5-7-14-24/h5-7,13-14,23,25-28H,3-4,8-12,15-22H2,1-2H3,(H,34,43)(H,35,38)(H,36,39)(H,41,42)(H,44,45)/t23?,26-,27-,28-/m0/s1. The molecule has 1 saturated carbocycles. The third-order valence-electron chi connectivity index (χ3n) is 8.77. The number of rotatable bonds is 19. The number of ether oxygens (including phenoxy) is 1. The van der Waals surface area contributed by atoms with Gasteiger partial charge in [-0.2, -0.15) is 0 Å². The number of nitrogens with zero attached hydrogens (tertiary/aromatic N) is 1. The Balaban J connectivity index is 1.60. The second-order valence-corrected chi connectivity index (χ2v) is 14.5. The second kappa shape index (κ2) is 19.5. The lowest BCUT2D eigenvalue weighted by Gasteiger charge is -2.30. The molecule has 0 radical (unpaired) electrons. The molecule has 0 bridgehead atoms. The second-order valence-electron chi connectivity index (χ2n) is 12.5. The monoisotopic (exact) mass is 694 g/mol. The van der Waals surface area contributed by atoms with Gasteiger partial charge in [-0.05, 0) is 63.9 Å². The normalized spacial score (nSPS) is 19.5. The molecule has 1 aliphatic heterocycles. The van der Waals surface area contributed by atoms with Crippen molar-refractivity contribution >= 4 is 37.4 Å². The van der Waals surface area contributed by atoms with Crippen LogP contribution in [0.1, 0.15) is 96.5 Å². The van der Waals surface area contributed by atoms with Crippen molar-refractivity contribution in [3.05, 3.63) is 35.9 Å². The van der Waals surface area contributed by atoms with Crippen molar-refractivity contribution in [3.63, 3.8) is 0 Å². The van der Waals surface area contributed by atoms with Crippen molar-refractivity contribution in [1.29, 1.82) is 0 Å². The molecule has 0 aromatic heterocycles. The molecule has 15 heteroatoms. The summed E-state index contributed by atoms with van der Waals surface area (Å²) < 4.78 is 24.2. The molecule has 1 aromatic rings. The Morgan fingerprint density at radius 2 is 1.69 bits per heavy atom. The van der Waals surface area contributed by atoms with Gasteiger partial charge in [0.1, 0.15) is 30.6 Å². The van der Waals surface area contributed by atoms with Crippen LogP contribution in [0, 0.1) is 5.92 Å². The molecule has 268 valence electrons. The minimum Gasteiger partial charge on any atom is -0.480 e.